The Bertz CT molecular complexity index is 1860. The smallest absolute Gasteiger partial charge is 0.271 e. The predicted octanol–water partition coefficient (Wildman–Crippen LogP) is 9.13. The summed E-state index contributed by atoms with van der Waals surface area (Å²) in [6.07, 6.45) is 1.52. The fourth-order valence-corrected chi connectivity index (χ4v) is 6.45. The molecule has 8 nitrogen and oxygen atoms in total. The molecular weight excluding hydrogens is 742 g/mol. The highest BCUT2D eigenvalue weighted by Crippen LogP contribution is 2.34. The number of nitrogens with one attached hydrogen (secondary N) is 3. The molecule has 1 aromatic heterocycles. The number of nitrogens with zero attached hydrogens (tertiary/aromatic N) is 2. The first-order chi connectivity index (χ1) is 21.6. The third kappa shape index (κ3) is 8.79. The molecule has 0 atom stereocenters. The highest BCUT2D eigenvalue weighted by Gasteiger charge is 2.13. The van der Waals surface area contributed by atoms with Crippen LogP contribution in [0, 0.1) is 13.8 Å². The maximum atomic E-state index is 12.7. The molecule has 0 aliphatic heterocycles. The van der Waals surface area contributed by atoms with Gasteiger partial charge in [0.15, 0.2) is 11.7 Å². The van der Waals surface area contributed by atoms with Crippen molar-refractivity contribution in [1.29, 1.82) is 0 Å². The molecule has 5 rings (SSSR count). The lowest BCUT2D eigenvalue weighted by atomic mass is 10.1. The van der Waals surface area contributed by atoms with E-state index < -0.39 is 0 Å². The Morgan fingerprint density at radius 1 is 0.978 bits per heavy atom. The van der Waals surface area contributed by atoms with Gasteiger partial charge in [-0.3, -0.25) is 9.59 Å². The minimum absolute atomic E-state index is 0.170. The van der Waals surface area contributed by atoms with E-state index in [1.165, 1.54) is 17.6 Å². The quantitative estimate of drug-likeness (QED) is 0.0972. The number of amides is 2. The van der Waals surface area contributed by atoms with Crippen LogP contribution in [0.15, 0.2) is 98.3 Å². The van der Waals surface area contributed by atoms with E-state index >= 15 is 0 Å². The van der Waals surface area contributed by atoms with Gasteiger partial charge in [0.25, 0.3) is 11.8 Å². The number of carbonyl (C=O) groups is 2. The first-order valence-corrected chi connectivity index (χ1v) is 16.4. The highest BCUT2D eigenvalue weighted by atomic mass is 79.9. The fraction of sp³-hybridized carbons (Fsp3) is 0.0909. The van der Waals surface area contributed by atoms with E-state index in [0.29, 0.717) is 30.8 Å². The molecule has 4 aromatic carbocycles. The van der Waals surface area contributed by atoms with Crippen LogP contribution in [-0.4, -0.2) is 29.6 Å². The van der Waals surface area contributed by atoms with Gasteiger partial charge in [-0.2, -0.15) is 5.10 Å². The second-order valence-corrected chi connectivity index (χ2v) is 12.9. The number of carbonyl (C=O) groups excluding carboxylic acids is 2. The topological polar surface area (TPSA) is 105 Å². The van der Waals surface area contributed by atoms with Gasteiger partial charge in [0.1, 0.15) is 5.75 Å². The number of hydrazone groups is 1. The summed E-state index contributed by atoms with van der Waals surface area (Å²) in [5, 5.41) is 13.6. The Morgan fingerprint density at radius 3 is 2.40 bits per heavy atom. The zero-order chi connectivity index (χ0) is 31.9. The molecule has 12 heteroatoms. The number of rotatable bonds is 10. The lowest BCUT2D eigenvalue weighted by Crippen LogP contribution is -2.21. The van der Waals surface area contributed by atoms with Gasteiger partial charge in [-0.05, 0) is 117 Å². The Balaban J connectivity index is 1.14. The molecule has 0 bridgehead atoms. The van der Waals surface area contributed by atoms with E-state index in [-0.39, 0.29) is 18.4 Å². The van der Waals surface area contributed by atoms with Gasteiger partial charge in [0.05, 0.1) is 20.9 Å². The van der Waals surface area contributed by atoms with Crippen molar-refractivity contribution in [3.63, 3.8) is 0 Å². The first-order valence-electron chi connectivity index (χ1n) is 13.6. The number of halogens is 3. The molecule has 0 saturated carbocycles. The Labute approximate surface area is 286 Å². The SMILES string of the molecule is Cc1ccc(C)c(NC(=O)COc2c(Br)cc(/C=N\NC(=O)c3ccc(-c4csc(Nc5ccc(Cl)cc5)n4)cc3)cc2Br)c1. The minimum atomic E-state index is -0.353. The summed E-state index contributed by atoms with van der Waals surface area (Å²) in [6.45, 7) is 3.73. The van der Waals surface area contributed by atoms with Crippen LogP contribution in [-0.2, 0) is 4.79 Å². The molecule has 5 aromatic rings. The maximum Gasteiger partial charge on any atom is 0.271 e. The molecule has 2 amide bonds. The van der Waals surface area contributed by atoms with E-state index in [1.54, 1.807) is 24.3 Å². The van der Waals surface area contributed by atoms with Gasteiger partial charge >= 0.3 is 0 Å². The van der Waals surface area contributed by atoms with Crippen LogP contribution in [0.25, 0.3) is 11.3 Å². The summed E-state index contributed by atoms with van der Waals surface area (Å²) < 4.78 is 7.01. The number of aryl methyl sites for hydroxylation is 2. The normalized spacial score (nSPS) is 11.0. The third-order valence-corrected chi connectivity index (χ3v) is 8.65. The van der Waals surface area contributed by atoms with Crippen LogP contribution in [0.5, 0.6) is 5.75 Å². The van der Waals surface area contributed by atoms with Crippen LogP contribution in [0.1, 0.15) is 27.0 Å². The second-order valence-electron chi connectivity index (χ2n) is 9.92. The molecule has 1 heterocycles. The van der Waals surface area contributed by atoms with Crippen molar-refractivity contribution in [3.05, 3.63) is 120 Å². The van der Waals surface area contributed by atoms with Crippen LogP contribution in [0.2, 0.25) is 5.02 Å². The molecule has 228 valence electrons. The molecule has 0 spiro atoms. The number of hydrogen-bond donors (Lipinski definition) is 3. The van der Waals surface area contributed by atoms with Crippen molar-refractivity contribution in [2.75, 3.05) is 17.2 Å². The van der Waals surface area contributed by atoms with Crippen molar-refractivity contribution in [3.8, 4) is 17.0 Å². The molecule has 45 heavy (non-hydrogen) atoms. The number of anilines is 3. The summed E-state index contributed by atoms with van der Waals surface area (Å²) in [5.41, 5.74) is 9.06. The zero-order valence-electron chi connectivity index (χ0n) is 24.0. The first kappa shape index (κ1) is 32.4. The minimum Gasteiger partial charge on any atom is -0.481 e. The van der Waals surface area contributed by atoms with Crippen LogP contribution in [0.3, 0.4) is 0 Å². The zero-order valence-corrected chi connectivity index (χ0v) is 28.8. The van der Waals surface area contributed by atoms with Crippen molar-refractivity contribution in [2.24, 2.45) is 5.10 Å². The van der Waals surface area contributed by atoms with E-state index in [9.17, 15) is 9.59 Å². The number of thiazole rings is 1. The van der Waals surface area contributed by atoms with Crippen molar-refractivity contribution in [2.45, 2.75) is 13.8 Å². The third-order valence-electron chi connectivity index (χ3n) is 6.46. The van der Waals surface area contributed by atoms with Crippen LogP contribution in [0.4, 0.5) is 16.5 Å². The Hall–Kier alpha value is -4.03. The lowest BCUT2D eigenvalue weighted by Gasteiger charge is -2.13. The average molecular weight is 768 g/mol. The molecule has 0 aliphatic rings. The van der Waals surface area contributed by atoms with E-state index in [0.717, 1.165) is 38.9 Å². The summed E-state index contributed by atoms with van der Waals surface area (Å²) in [4.78, 5) is 29.8. The summed E-state index contributed by atoms with van der Waals surface area (Å²) in [6, 6.07) is 24.0. The maximum absolute atomic E-state index is 12.7. The standard InChI is InChI=1S/C33H26Br2ClN5O3S/c1-19-3-4-20(2)28(13-19)39-30(42)17-44-31-26(34)14-21(15-27(31)35)16-37-41-32(43)23-7-5-22(6-8-23)29-18-45-33(40-29)38-25-11-9-24(36)10-12-25/h3-16,18H,17H2,1-2H3,(H,38,40)(H,39,42)(H,41,43)/b37-16-. The monoisotopic (exact) mass is 765 g/mol. The number of aromatic nitrogens is 1. The van der Waals surface area contributed by atoms with Gasteiger partial charge in [-0.15, -0.1) is 11.3 Å². The summed E-state index contributed by atoms with van der Waals surface area (Å²) in [5.74, 6) is -0.152. The molecule has 0 radical (unpaired) electrons. The van der Waals surface area contributed by atoms with Gasteiger partial charge < -0.3 is 15.4 Å². The van der Waals surface area contributed by atoms with Crippen molar-refractivity contribution >= 4 is 89.3 Å². The largest absolute Gasteiger partial charge is 0.481 e. The van der Waals surface area contributed by atoms with Crippen molar-refractivity contribution in [1.82, 2.24) is 10.4 Å². The Morgan fingerprint density at radius 2 is 1.69 bits per heavy atom. The van der Waals surface area contributed by atoms with Crippen molar-refractivity contribution < 1.29 is 14.3 Å². The van der Waals surface area contributed by atoms with Gasteiger partial charge in [0.2, 0.25) is 0 Å². The summed E-state index contributed by atoms with van der Waals surface area (Å²) in [7, 11) is 0. The van der Waals surface area contributed by atoms with Gasteiger partial charge in [-0.1, -0.05) is 35.9 Å². The number of benzene rings is 4. The fourth-order valence-electron chi connectivity index (χ4n) is 4.13. The molecule has 3 N–H and O–H groups in total. The lowest BCUT2D eigenvalue weighted by molar-refractivity contribution is -0.118. The van der Waals surface area contributed by atoms with E-state index in [4.69, 9.17) is 16.3 Å². The van der Waals surface area contributed by atoms with E-state index in [2.05, 4.69) is 58.0 Å². The Kier molecular flexibility index (Phi) is 10.7. The number of hydrogen-bond acceptors (Lipinski definition) is 7. The second kappa shape index (κ2) is 14.8. The molecule has 0 saturated heterocycles. The van der Waals surface area contributed by atoms with Crippen LogP contribution < -0.4 is 20.8 Å². The predicted molar refractivity (Wildman–Crippen MR) is 189 cm³/mol. The molecule has 0 fully saturated rings. The average Bonchev–Trinajstić information content (AvgIpc) is 3.48. The van der Waals surface area contributed by atoms with Gasteiger partial charge in [-0.25, -0.2) is 10.4 Å². The summed E-state index contributed by atoms with van der Waals surface area (Å²) >= 11 is 14.4. The number of ether oxygens (including phenoxy) is 1. The molecule has 0 aliphatic carbocycles. The highest BCUT2D eigenvalue weighted by molar-refractivity contribution is 9.11. The molecular formula is C33H26Br2ClN5O3S. The van der Waals surface area contributed by atoms with Gasteiger partial charge in [0, 0.05) is 32.9 Å². The van der Waals surface area contributed by atoms with Crippen LogP contribution >= 0.6 is 54.8 Å². The van der Waals surface area contributed by atoms with E-state index in [1.807, 2.05) is 73.8 Å². The molecule has 0 unspecified atom stereocenters.